The summed E-state index contributed by atoms with van der Waals surface area (Å²) in [5.74, 6) is 0.309. The van der Waals surface area contributed by atoms with Crippen molar-refractivity contribution < 1.29 is 10.2 Å². The van der Waals surface area contributed by atoms with Gasteiger partial charge in [-0.2, -0.15) is 0 Å². The molecule has 21 heavy (non-hydrogen) atoms. The van der Waals surface area contributed by atoms with Gasteiger partial charge in [-0.1, -0.05) is 50.6 Å². The summed E-state index contributed by atoms with van der Waals surface area (Å²) in [5.41, 5.74) is 1.27. The summed E-state index contributed by atoms with van der Waals surface area (Å²) in [6, 6.07) is 10.3. The summed E-state index contributed by atoms with van der Waals surface area (Å²) in [6.45, 7) is 6.86. The second kappa shape index (κ2) is 7.39. The molecule has 0 aliphatic heterocycles. The summed E-state index contributed by atoms with van der Waals surface area (Å²) >= 11 is 0. The van der Waals surface area contributed by atoms with Crippen molar-refractivity contribution in [3.8, 4) is 0 Å². The van der Waals surface area contributed by atoms with E-state index in [4.69, 9.17) is 0 Å². The molecule has 0 radical (unpaired) electrons. The van der Waals surface area contributed by atoms with Gasteiger partial charge in [-0.3, -0.25) is 4.90 Å². The van der Waals surface area contributed by atoms with Crippen LogP contribution < -0.4 is 0 Å². The molecule has 118 valence electrons. The van der Waals surface area contributed by atoms with Gasteiger partial charge in [0.25, 0.3) is 0 Å². The minimum absolute atomic E-state index is 0.0144. The van der Waals surface area contributed by atoms with Gasteiger partial charge < -0.3 is 10.2 Å². The van der Waals surface area contributed by atoms with Crippen LogP contribution in [0, 0.1) is 11.3 Å². The number of aliphatic hydroxyl groups excluding tert-OH is 2. The molecule has 1 aliphatic rings. The molecule has 2 rings (SSSR count). The molecule has 1 aliphatic carbocycles. The smallest absolute Gasteiger partial charge is 0.0631 e. The van der Waals surface area contributed by atoms with Gasteiger partial charge in [0.05, 0.1) is 12.7 Å². The first kappa shape index (κ1) is 16.5. The topological polar surface area (TPSA) is 43.7 Å². The third-order valence-electron chi connectivity index (χ3n) is 4.80. The Morgan fingerprint density at radius 1 is 1.24 bits per heavy atom. The van der Waals surface area contributed by atoms with E-state index in [0.29, 0.717) is 12.5 Å². The molecule has 1 fully saturated rings. The van der Waals surface area contributed by atoms with Crippen LogP contribution in [-0.4, -0.2) is 40.9 Å². The maximum atomic E-state index is 10.6. The Morgan fingerprint density at radius 3 is 2.62 bits per heavy atom. The van der Waals surface area contributed by atoms with Gasteiger partial charge in [-0.25, -0.2) is 0 Å². The zero-order chi connectivity index (χ0) is 15.3. The predicted molar refractivity (Wildman–Crippen MR) is 85.9 cm³/mol. The van der Waals surface area contributed by atoms with Crippen LogP contribution in [0.1, 0.15) is 38.7 Å². The van der Waals surface area contributed by atoms with Crippen molar-refractivity contribution in [1.82, 2.24) is 4.90 Å². The van der Waals surface area contributed by atoms with E-state index >= 15 is 0 Å². The second-order valence-electron chi connectivity index (χ2n) is 7.03. The summed E-state index contributed by atoms with van der Waals surface area (Å²) in [4.78, 5) is 2.27. The Bertz CT molecular complexity index is 418. The van der Waals surface area contributed by atoms with Crippen LogP contribution in [0.15, 0.2) is 30.3 Å². The van der Waals surface area contributed by atoms with E-state index in [0.717, 1.165) is 25.9 Å². The van der Waals surface area contributed by atoms with E-state index in [1.807, 2.05) is 18.2 Å². The lowest BCUT2D eigenvalue weighted by atomic mass is 9.69. The third-order valence-corrected chi connectivity index (χ3v) is 4.80. The molecule has 2 N–H and O–H groups in total. The lowest BCUT2D eigenvalue weighted by Crippen LogP contribution is -2.45. The van der Waals surface area contributed by atoms with Gasteiger partial charge >= 0.3 is 0 Å². The lowest BCUT2D eigenvalue weighted by Gasteiger charge is -2.42. The van der Waals surface area contributed by atoms with E-state index in [1.165, 1.54) is 12.0 Å². The van der Waals surface area contributed by atoms with Crippen molar-refractivity contribution in [1.29, 1.82) is 0 Å². The highest BCUT2D eigenvalue weighted by atomic mass is 16.3. The third kappa shape index (κ3) is 4.53. The van der Waals surface area contributed by atoms with Crippen LogP contribution >= 0.6 is 0 Å². The van der Waals surface area contributed by atoms with E-state index < -0.39 is 0 Å². The van der Waals surface area contributed by atoms with Crippen LogP contribution in [0.4, 0.5) is 0 Å². The van der Waals surface area contributed by atoms with Crippen molar-refractivity contribution in [2.45, 2.75) is 45.8 Å². The second-order valence-corrected chi connectivity index (χ2v) is 7.03. The van der Waals surface area contributed by atoms with E-state index in [2.05, 4.69) is 30.9 Å². The molecule has 0 bridgehead atoms. The van der Waals surface area contributed by atoms with Gasteiger partial charge in [0.2, 0.25) is 0 Å². The molecule has 3 heteroatoms. The molecule has 0 aromatic heterocycles. The van der Waals surface area contributed by atoms with Crippen LogP contribution in [0.2, 0.25) is 0 Å². The largest absolute Gasteiger partial charge is 0.395 e. The first-order valence-corrected chi connectivity index (χ1v) is 8.08. The standard InChI is InChI=1S/C18H29NO2/c1-18(2)10-6-9-16(17(18)21)14-19(11-12-20)13-15-7-4-3-5-8-15/h3-5,7-8,16-17,20-21H,6,9-14H2,1-2H3. The molecule has 1 aromatic carbocycles. The van der Waals surface area contributed by atoms with Crippen molar-refractivity contribution in [2.24, 2.45) is 11.3 Å². The fraction of sp³-hybridized carbons (Fsp3) is 0.667. The first-order valence-electron chi connectivity index (χ1n) is 8.08. The van der Waals surface area contributed by atoms with Gasteiger partial charge in [0, 0.05) is 19.6 Å². The summed E-state index contributed by atoms with van der Waals surface area (Å²) in [6.07, 6.45) is 3.13. The molecule has 0 heterocycles. The van der Waals surface area contributed by atoms with E-state index in [-0.39, 0.29) is 18.1 Å². The van der Waals surface area contributed by atoms with Crippen LogP contribution in [-0.2, 0) is 6.54 Å². The monoisotopic (exact) mass is 291 g/mol. The summed E-state index contributed by atoms with van der Waals surface area (Å²) in [5, 5.41) is 19.9. The van der Waals surface area contributed by atoms with Gasteiger partial charge in [-0.05, 0) is 29.7 Å². The Morgan fingerprint density at radius 2 is 1.95 bits per heavy atom. The number of rotatable bonds is 6. The van der Waals surface area contributed by atoms with Crippen molar-refractivity contribution in [2.75, 3.05) is 19.7 Å². The number of hydrogen-bond donors (Lipinski definition) is 2. The average Bonchev–Trinajstić information content (AvgIpc) is 2.45. The molecule has 1 aromatic rings. The molecular formula is C18H29NO2. The maximum absolute atomic E-state index is 10.6. The van der Waals surface area contributed by atoms with Gasteiger partial charge in [-0.15, -0.1) is 0 Å². The number of aliphatic hydroxyl groups is 2. The average molecular weight is 291 g/mol. The molecule has 2 atom stereocenters. The SMILES string of the molecule is CC1(C)CCCC(CN(CCO)Cc2ccccc2)C1O. The highest BCUT2D eigenvalue weighted by Crippen LogP contribution is 2.39. The zero-order valence-electron chi connectivity index (χ0n) is 13.3. The number of benzene rings is 1. The van der Waals surface area contributed by atoms with Crippen molar-refractivity contribution >= 4 is 0 Å². The van der Waals surface area contributed by atoms with E-state index in [1.54, 1.807) is 0 Å². The molecule has 3 nitrogen and oxygen atoms in total. The lowest BCUT2D eigenvalue weighted by molar-refractivity contribution is -0.0447. The maximum Gasteiger partial charge on any atom is 0.0631 e. The fourth-order valence-electron chi connectivity index (χ4n) is 3.50. The fourth-order valence-corrected chi connectivity index (χ4v) is 3.50. The molecule has 1 saturated carbocycles. The molecule has 2 unspecified atom stereocenters. The van der Waals surface area contributed by atoms with Crippen LogP contribution in [0.3, 0.4) is 0 Å². The highest BCUT2D eigenvalue weighted by Gasteiger charge is 2.38. The Hall–Kier alpha value is -0.900. The number of nitrogens with zero attached hydrogens (tertiary/aromatic N) is 1. The Labute approximate surface area is 128 Å². The van der Waals surface area contributed by atoms with Gasteiger partial charge in [0.15, 0.2) is 0 Å². The molecular weight excluding hydrogens is 262 g/mol. The highest BCUT2D eigenvalue weighted by molar-refractivity contribution is 5.14. The molecule has 0 saturated heterocycles. The normalized spacial score (nSPS) is 25.2. The van der Waals surface area contributed by atoms with E-state index in [9.17, 15) is 10.2 Å². The van der Waals surface area contributed by atoms with Crippen LogP contribution in [0.25, 0.3) is 0 Å². The minimum Gasteiger partial charge on any atom is -0.395 e. The Kier molecular flexibility index (Phi) is 5.80. The summed E-state index contributed by atoms with van der Waals surface area (Å²) < 4.78 is 0. The predicted octanol–water partition coefficient (Wildman–Crippen LogP) is 2.67. The van der Waals surface area contributed by atoms with Crippen molar-refractivity contribution in [3.05, 3.63) is 35.9 Å². The molecule has 0 spiro atoms. The van der Waals surface area contributed by atoms with Gasteiger partial charge in [0.1, 0.15) is 0 Å². The number of hydrogen-bond acceptors (Lipinski definition) is 3. The minimum atomic E-state index is -0.247. The quantitative estimate of drug-likeness (QED) is 0.847. The molecule has 0 amide bonds. The van der Waals surface area contributed by atoms with Crippen LogP contribution in [0.5, 0.6) is 0 Å². The Balaban J connectivity index is 1.99. The zero-order valence-corrected chi connectivity index (χ0v) is 13.3. The summed E-state index contributed by atoms with van der Waals surface area (Å²) in [7, 11) is 0. The first-order chi connectivity index (χ1) is 10.0. The van der Waals surface area contributed by atoms with Crippen molar-refractivity contribution in [3.63, 3.8) is 0 Å².